The van der Waals surface area contributed by atoms with E-state index in [-0.39, 0.29) is 5.91 Å². The summed E-state index contributed by atoms with van der Waals surface area (Å²) in [7, 11) is 0. The molecule has 0 aliphatic heterocycles. The van der Waals surface area contributed by atoms with Gasteiger partial charge in [-0.25, -0.2) is 0 Å². The number of rotatable bonds is 4. The van der Waals surface area contributed by atoms with E-state index in [0.29, 0.717) is 23.7 Å². The molecule has 0 aliphatic rings. The van der Waals surface area contributed by atoms with Gasteiger partial charge in [-0.05, 0) is 51.2 Å². The maximum atomic E-state index is 12.1. The summed E-state index contributed by atoms with van der Waals surface area (Å²) in [6.45, 7) is 4.83. The van der Waals surface area contributed by atoms with Crippen LogP contribution in [0, 0.1) is 0 Å². The molecule has 2 rings (SSSR count). The number of nitrogens with two attached hydrogens (primary N) is 1. The molecular weight excluding hydrogens is 328 g/mol. The first-order valence-corrected chi connectivity index (χ1v) is 7.68. The highest BCUT2D eigenvalue weighted by Gasteiger charge is 2.07. The smallest absolute Gasteiger partial charge is 0.251 e. The van der Waals surface area contributed by atoms with Crippen molar-refractivity contribution in [3.63, 3.8) is 0 Å². The summed E-state index contributed by atoms with van der Waals surface area (Å²) in [6.07, 6.45) is 0. The highest BCUT2D eigenvalue weighted by Crippen LogP contribution is 2.20. The predicted octanol–water partition coefficient (Wildman–Crippen LogP) is 4.08. The normalized spacial score (nSPS) is 10.7. The molecule has 2 aromatic rings. The molecule has 110 valence electrons. The standard InChI is InChI=1S/C17H19BrN2O/c1-11(2)13-5-3-12(4-6-13)10-20-17(21)14-7-8-15(18)16(19)9-14/h3-9,11H,10,19H2,1-2H3,(H,20,21). The van der Waals surface area contributed by atoms with E-state index in [1.54, 1.807) is 18.2 Å². The lowest BCUT2D eigenvalue weighted by Crippen LogP contribution is -2.22. The minimum absolute atomic E-state index is 0.123. The second-order valence-corrected chi connectivity index (χ2v) is 6.17. The zero-order valence-electron chi connectivity index (χ0n) is 12.2. The lowest BCUT2D eigenvalue weighted by atomic mass is 10.0. The summed E-state index contributed by atoms with van der Waals surface area (Å²) >= 11 is 3.32. The van der Waals surface area contributed by atoms with Crippen molar-refractivity contribution in [2.24, 2.45) is 0 Å². The number of hydrogen-bond acceptors (Lipinski definition) is 2. The quantitative estimate of drug-likeness (QED) is 0.819. The van der Waals surface area contributed by atoms with Gasteiger partial charge in [-0.15, -0.1) is 0 Å². The highest BCUT2D eigenvalue weighted by atomic mass is 79.9. The van der Waals surface area contributed by atoms with Crippen molar-refractivity contribution in [2.75, 3.05) is 5.73 Å². The van der Waals surface area contributed by atoms with Crippen LogP contribution < -0.4 is 11.1 Å². The molecule has 21 heavy (non-hydrogen) atoms. The van der Waals surface area contributed by atoms with Gasteiger partial charge in [0.05, 0.1) is 0 Å². The summed E-state index contributed by atoms with van der Waals surface area (Å²) in [5.74, 6) is 0.390. The monoisotopic (exact) mass is 346 g/mol. The van der Waals surface area contributed by atoms with E-state index in [4.69, 9.17) is 5.73 Å². The Labute approximate surface area is 133 Å². The van der Waals surface area contributed by atoms with Gasteiger partial charge in [0, 0.05) is 22.3 Å². The van der Waals surface area contributed by atoms with E-state index >= 15 is 0 Å². The topological polar surface area (TPSA) is 55.1 Å². The van der Waals surface area contributed by atoms with E-state index < -0.39 is 0 Å². The van der Waals surface area contributed by atoms with Crippen LogP contribution >= 0.6 is 15.9 Å². The minimum Gasteiger partial charge on any atom is -0.398 e. The zero-order valence-corrected chi connectivity index (χ0v) is 13.8. The van der Waals surface area contributed by atoms with Gasteiger partial charge in [-0.1, -0.05) is 38.1 Å². The molecule has 3 nitrogen and oxygen atoms in total. The lowest BCUT2D eigenvalue weighted by Gasteiger charge is -2.09. The average molecular weight is 347 g/mol. The third kappa shape index (κ3) is 4.08. The fourth-order valence-corrected chi connectivity index (χ4v) is 2.24. The Kier molecular flexibility index (Phi) is 5.02. The molecule has 0 heterocycles. The second kappa shape index (κ2) is 6.76. The molecule has 0 radical (unpaired) electrons. The summed E-state index contributed by atoms with van der Waals surface area (Å²) in [5, 5.41) is 2.90. The predicted molar refractivity (Wildman–Crippen MR) is 90.3 cm³/mol. The average Bonchev–Trinajstić information content (AvgIpc) is 2.48. The third-order valence-corrected chi connectivity index (χ3v) is 4.08. The molecule has 0 bridgehead atoms. The van der Waals surface area contributed by atoms with Crippen LogP contribution in [-0.4, -0.2) is 5.91 Å². The number of anilines is 1. The van der Waals surface area contributed by atoms with Gasteiger partial charge < -0.3 is 11.1 Å². The fourth-order valence-electron chi connectivity index (χ4n) is 1.99. The summed E-state index contributed by atoms with van der Waals surface area (Å²) in [6, 6.07) is 13.5. The van der Waals surface area contributed by atoms with E-state index in [1.165, 1.54) is 5.56 Å². The molecule has 1 amide bonds. The van der Waals surface area contributed by atoms with Crippen molar-refractivity contribution < 1.29 is 4.79 Å². The molecule has 4 heteroatoms. The van der Waals surface area contributed by atoms with Crippen LogP contribution in [0.3, 0.4) is 0 Å². The first-order valence-electron chi connectivity index (χ1n) is 6.89. The van der Waals surface area contributed by atoms with Crippen molar-refractivity contribution in [1.29, 1.82) is 0 Å². The molecule has 3 N–H and O–H groups in total. The van der Waals surface area contributed by atoms with Crippen LogP contribution in [-0.2, 0) is 6.54 Å². The number of nitrogen functional groups attached to an aromatic ring is 1. The Hall–Kier alpha value is -1.81. The number of hydrogen-bond donors (Lipinski definition) is 2. The molecule has 0 aromatic heterocycles. The Balaban J connectivity index is 1.98. The molecule has 0 aliphatic carbocycles. The van der Waals surface area contributed by atoms with Crippen LogP contribution in [0.15, 0.2) is 46.9 Å². The van der Waals surface area contributed by atoms with E-state index in [0.717, 1.165) is 10.0 Å². The number of carbonyl (C=O) groups is 1. The van der Waals surface area contributed by atoms with Crippen LogP contribution in [0.5, 0.6) is 0 Å². The third-order valence-electron chi connectivity index (χ3n) is 3.36. The van der Waals surface area contributed by atoms with Crippen molar-refractivity contribution in [3.05, 3.63) is 63.6 Å². The number of halogens is 1. The Morgan fingerprint density at radius 3 is 2.43 bits per heavy atom. The van der Waals surface area contributed by atoms with Crippen LogP contribution in [0.25, 0.3) is 0 Å². The van der Waals surface area contributed by atoms with Crippen molar-refractivity contribution in [2.45, 2.75) is 26.3 Å². The van der Waals surface area contributed by atoms with Gasteiger partial charge in [0.25, 0.3) is 5.91 Å². The fraction of sp³-hybridized carbons (Fsp3) is 0.235. The Morgan fingerprint density at radius 2 is 1.86 bits per heavy atom. The van der Waals surface area contributed by atoms with E-state index in [9.17, 15) is 4.79 Å². The lowest BCUT2D eigenvalue weighted by molar-refractivity contribution is 0.0951. The second-order valence-electron chi connectivity index (χ2n) is 5.32. The van der Waals surface area contributed by atoms with E-state index in [1.807, 2.05) is 12.1 Å². The zero-order chi connectivity index (χ0) is 15.4. The largest absolute Gasteiger partial charge is 0.398 e. The van der Waals surface area contributed by atoms with Gasteiger partial charge in [-0.2, -0.15) is 0 Å². The summed E-state index contributed by atoms with van der Waals surface area (Å²) < 4.78 is 0.795. The minimum atomic E-state index is -0.123. The van der Waals surface area contributed by atoms with Crippen molar-refractivity contribution >= 4 is 27.5 Å². The summed E-state index contributed by atoms with van der Waals surface area (Å²) in [5.41, 5.74) is 9.29. The first-order chi connectivity index (χ1) is 9.97. The molecule has 0 fully saturated rings. The van der Waals surface area contributed by atoms with Gasteiger partial charge in [0.15, 0.2) is 0 Å². The molecule has 0 saturated carbocycles. The molecule has 0 spiro atoms. The van der Waals surface area contributed by atoms with Crippen LogP contribution in [0.4, 0.5) is 5.69 Å². The molecule has 2 aromatic carbocycles. The van der Waals surface area contributed by atoms with Crippen molar-refractivity contribution in [3.8, 4) is 0 Å². The van der Waals surface area contributed by atoms with Crippen molar-refractivity contribution in [1.82, 2.24) is 5.32 Å². The van der Waals surface area contributed by atoms with Gasteiger partial charge >= 0.3 is 0 Å². The SMILES string of the molecule is CC(C)c1ccc(CNC(=O)c2ccc(Br)c(N)c2)cc1. The van der Waals surface area contributed by atoms with Crippen LogP contribution in [0.2, 0.25) is 0 Å². The molecular formula is C17H19BrN2O. The highest BCUT2D eigenvalue weighted by molar-refractivity contribution is 9.10. The van der Waals surface area contributed by atoms with Gasteiger partial charge in [0.1, 0.15) is 0 Å². The van der Waals surface area contributed by atoms with Gasteiger partial charge in [0.2, 0.25) is 0 Å². The first kappa shape index (κ1) is 15.6. The maximum Gasteiger partial charge on any atom is 0.251 e. The summed E-state index contributed by atoms with van der Waals surface area (Å²) in [4.78, 5) is 12.1. The Bertz CT molecular complexity index is 636. The molecule has 0 atom stereocenters. The van der Waals surface area contributed by atoms with Crippen LogP contribution in [0.1, 0.15) is 41.3 Å². The number of amides is 1. The molecule has 0 unspecified atom stereocenters. The van der Waals surface area contributed by atoms with Gasteiger partial charge in [-0.3, -0.25) is 4.79 Å². The van der Waals surface area contributed by atoms with E-state index in [2.05, 4.69) is 47.2 Å². The number of carbonyl (C=O) groups excluding carboxylic acids is 1. The number of nitrogens with one attached hydrogen (secondary N) is 1. The molecule has 0 saturated heterocycles. The maximum absolute atomic E-state index is 12.1. The number of benzene rings is 2. The Morgan fingerprint density at radius 1 is 1.19 bits per heavy atom.